The summed E-state index contributed by atoms with van der Waals surface area (Å²) in [5.41, 5.74) is 5.92. The van der Waals surface area contributed by atoms with Gasteiger partial charge in [-0.1, -0.05) is 6.58 Å². The van der Waals surface area contributed by atoms with Crippen molar-refractivity contribution in [3.63, 3.8) is 0 Å². The highest BCUT2D eigenvalue weighted by atomic mass is 16.6. The van der Waals surface area contributed by atoms with Crippen molar-refractivity contribution in [3.05, 3.63) is 35.0 Å². The summed E-state index contributed by atoms with van der Waals surface area (Å²) in [6.07, 6.45) is 3.96. The fraction of sp³-hybridized carbons (Fsp3) is 0.526. The minimum Gasteiger partial charge on any atom is -0.481 e. The molecule has 0 N–H and O–H groups in total. The van der Waals surface area contributed by atoms with E-state index in [9.17, 15) is 4.79 Å². The number of hydrogen-bond acceptors (Lipinski definition) is 4. The molecule has 2 rings (SSSR count). The van der Waals surface area contributed by atoms with Gasteiger partial charge >= 0.3 is 5.97 Å². The van der Waals surface area contributed by atoms with Crippen LogP contribution in [0.5, 0.6) is 5.75 Å². The molecule has 0 radical (unpaired) electrons. The summed E-state index contributed by atoms with van der Waals surface area (Å²) in [5, 5.41) is 0. The van der Waals surface area contributed by atoms with E-state index in [0.29, 0.717) is 0 Å². The minimum absolute atomic E-state index is 0.0484. The van der Waals surface area contributed by atoms with Gasteiger partial charge in [0, 0.05) is 11.2 Å². The third kappa shape index (κ3) is 2.94. The van der Waals surface area contributed by atoms with Crippen LogP contribution in [0.4, 0.5) is 5.69 Å². The molecular formula is C19H27NO3. The normalized spacial score (nSPS) is 15.8. The van der Waals surface area contributed by atoms with E-state index < -0.39 is 0 Å². The summed E-state index contributed by atoms with van der Waals surface area (Å²) in [7, 11) is 1.37. The Labute approximate surface area is 139 Å². The first-order chi connectivity index (χ1) is 10.7. The van der Waals surface area contributed by atoms with E-state index in [-0.39, 0.29) is 18.1 Å². The molecule has 0 bridgehead atoms. The highest BCUT2D eigenvalue weighted by Crippen LogP contribution is 2.45. The van der Waals surface area contributed by atoms with Crippen LogP contribution in [0.25, 0.3) is 0 Å². The lowest BCUT2D eigenvalue weighted by Gasteiger charge is -2.45. The van der Waals surface area contributed by atoms with Crippen molar-refractivity contribution in [3.8, 4) is 5.75 Å². The lowest BCUT2D eigenvalue weighted by molar-refractivity contribution is -0.142. The maximum atomic E-state index is 11.4. The van der Waals surface area contributed by atoms with Gasteiger partial charge in [-0.2, -0.15) is 0 Å². The van der Waals surface area contributed by atoms with Crippen LogP contribution < -0.4 is 9.64 Å². The zero-order valence-electron chi connectivity index (χ0n) is 15.1. The first-order valence-electron chi connectivity index (χ1n) is 7.98. The zero-order chi connectivity index (χ0) is 17.4. The molecule has 0 spiro atoms. The number of rotatable bonds is 4. The molecule has 1 aliphatic heterocycles. The topological polar surface area (TPSA) is 38.8 Å². The Kier molecular flexibility index (Phi) is 4.73. The molecule has 1 aromatic carbocycles. The van der Waals surface area contributed by atoms with E-state index in [4.69, 9.17) is 4.74 Å². The number of ether oxygens (including phenoxy) is 2. The molecule has 0 atom stereocenters. The van der Waals surface area contributed by atoms with Crippen LogP contribution in [-0.2, 0) is 16.0 Å². The number of methoxy groups -OCH3 is 1. The highest BCUT2D eigenvalue weighted by molar-refractivity contribution is 5.74. The number of hydrogen-bond donors (Lipinski definition) is 0. The molecule has 4 nitrogen and oxygen atoms in total. The van der Waals surface area contributed by atoms with Crippen LogP contribution in [0.2, 0.25) is 0 Å². The van der Waals surface area contributed by atoms with E-state index in [1.165, 1.54) is 23.9 Å². The predicted octanol–water partition coefficient (Wildman–Crippen LogP) is 3.84. The van der Waals surface area contributed by atoms with Crippen LogP contribution >= 0.6 is 0 Å². The average Bonchev–Trinajstić information content (AvgIpc) is 2.51. The molecule has 0 saturated carbocycles. The van der Waals surface area contributed by atoms with Crippen LogP contribution in [0.15, 0.2) is 12.8 Å². The summed E-state index contributed by atoms with van der Waals surface area (Å²) in [6.45, 7) is 14.6. The number of fused-ring (bicyclic) bond motifs is 1. The molecule has 0 amide bonds. The Morgan fingerprint density at radius 2 is 1.91 bits per heavy atom. The number of anilines is 1. The Morgan fingerprint density at radius 3 is 2.48 bits per heavy atom. The summed E-state index contributed by atoms with van der Waals surface area (Å²) in [5.74, 6) is 0.434. The van der Waals surface area contributed by atoms with Crippen molar-refractivity contribution in [2.24, 2.45) is 0 Å². The third-order valence-corrected chi connectivity index (χ3v) is 4.96. The first-order valence-corrected chi connectivity index (χ1v) is 7.98. The smallest absolute Gasteiger partial charge is 0.343 e. The molecule has 1 aromatic rings. The van der Waals surface area contributed by atoms with Gasteiger partial charge in [0.05, 0.1) is 7.11 Å². The van der Waals surface area contributed by atoms with Crippen LogP contribution in [0, 0.1) is 20.8 Å². The second-order valence-electron chi connectivity index (χ2n) is 6.76. The van der Waals surface area contributed by atoms with E-state index in [1.54, 1.807) is 0 Å². The summed E-state index contributed by atoms with van der Waals surface area (Å²) >= 11 is 0. The molecule has 126 valence electrons. The maximum Gasteiger partial charge on any atom is 0.343 e. The molecule has 0 fully saturated rings. The molecule has 0 aliphatic carbocycles. The molecule has 23 heavy (non-hydrogen) atoms. The monoisotopic (exact) mass is 317 g/mol. The average molecular weight is 317 g/mol. The summed E-state index contributed by atoms with van der Waals surface area (Å²) in [6, 6.07) is 0. The highest BCUT2D eigenvalue weighted by Gasteiger charge is 2.34. The molecule has 0 unspecified atom stereocenters. The van der Waals surface area contributed by atoms with Crippen molar-refractivity contribution in [1.82, 2.24) is 0 Å². The van der Waals surface area contributed by atoms with E-state index in [1.807, 2.05) is 13.1 Å². The molecule has 1 aliphatic rings. The van der Waals surface area contributed by atoms with Crippen LogP contribution in [-0.4, -0.2) is 25.2 Å². The van der Waals surface area contributed by atoms with E-state index >= 15 is 0 Å². The quantitative estimate of drug-likeness (QED) is 0.791. The van der Waals surface area contributed by atoms with E-state index in [0.717, 1.165) is 29.7 Å². The Balaban J connectivity index is 2.55. The Bertz CT molecular complexity index is 647. The van der Waals surface area contributed by atoms with Crippen molar-refractivity contribution in [2.45, 2.75) is 53.0 Å². The van der Waals surface area contributed by atoms with Crippen LogP contribution in [0.1, 0.15) is 42.5 Å². The fourth-order valence-electron chi connectivity index (χ4n) is 3.40. The number of carbonyl (C=O) groups excluding carboxylic acids is 1. The van der Waals surface area contributed by atoms with E-state index in [2.05, 4.69) is 43.9 Å². The Morgan fingerprint density at radius 1 is 1.26 bits per heavy atom. The Hall–Kier alpha value is -1.97. The SMILES string of the molecule is C=CN1c2c(C)c(C)c(OCC(=O)OC)c(C)c2CCC1(C)C. The molecular weight excluding hydrogens is 290 g/mol. The first kappa shape index (κ1) is 17.4. The molecule has 4 heteroatoms. The van der Waals surface area contributed by atoms with Gasteiger partial charge in [0.25, 0.3) is 0 Å². The number of benzene rings is 1. The van der Waals surface area contributed by atoms with Gasteiger partial charge in [-0.25, -0.2) is 4.79 Å². The predicted molar refractivity (Wildman–Crippen MR) is 93.2 cm³/mol. The van der Waals surface area contributed by atoms with Crippen molar-refractivity contribution < 1.29 is 14.3 Å². The van der Waals surface area contributed by atoms with Crippen LogP contribution in [0.3, 0.4) is 0 Å². The molecule has 0 saturated heterocycles. The van der Waals surface area contributed by atoms with Crippen molar-refractivity contribution in [1.29, 1.82) is 0 Å². The van der Waals surface area contributed by atoms with Crippen molar-refractivity contribution >= 4 is 11.7 Å². The van der Waals surface area contributed by atoms with Gasteiger partial charge in [-0.3, -0.25) is 0 Å². The summed E-state index contributed by atoms with van der Waals surface area (Å²) in [4.78, 5) is 13.7. The number of carbonyl (C=O) groups is 1. The second-order valence-corrected chi connectivity index (χ2v) is 6.76. The molecule has 1 heterocycles. The van der Waals surface area contributed by atoms with Gasteiger partial charge in [-0.15, -0.1) is 0 Å². The third-order valence-electron chi connectivity index (χ3n) is 4.96. The molecule has 0 aromatic heterocycles. The van der Waals surface area contributed by atoms with Gasteiger partial charge in [-0.05, 0) is 75.9 Å². The summed E-state index contributed by atoms with van der Waals surface area (Å²) < 4.78 is 10.4. The van der Waals surface area contributed by atoms with Crippen molar-refractivity contribution in [2.75, 3.05) is 18.6 Å². The second kappa shape index (κ2) is 6.26. The van der Waals surface area contributed by atoms with Gasteiger partial charge < -0.3 is 14.4 Å². The number of esters is 1. The lowest BCUT2D eigenvalue weighted by Crippen LogP contribution is -2.44. The largest absolute Gasteiger partial charge is 0.481 e. The lowest BCUT2D eigenvalue weighted by atomic mass is 9.82. The van der Waals surface area contributed by atoms with Gasteiger partial charge in [0.15, 0.2) is 6.61 Å². The number of nitrogens with zero attached hydrogens (tertiary/aromatic N) is 1. The van der Waals surface area contributed by atoms with Gasteiger partial charge in [0.2, 0.25) is 0 Å². The zero-order valence-corrected chi connectivity index (χ0v) is 15.1. The fourth-order valence-corrected chi connectivity index (χ4v) is 3.40. The maximum absolute atomic E-state index is 11.4. The minimum atomic E-state index is -0.368. The standard InChI is InChI=1S/C19H27NO3/c1-8-20-17-12(2)13(3)18(23-11-16(21)22-7)14(4)15(17)9-10-19(20,5)6/h8H,1,9-11H2,2-7H3. The van der Waals surface area contributed by atoms with Gasteiger partial charge in [0.1, 0.15) is 5.75 Å².